The molecular weight excluding hydrogens is 302 g/mol. The van der Waals surface area contributed by atoms with Crippen LogP contribution in [-0.4, -0.2) is 28.4 Å². The van der Waals surface area contributed by atoms with Crippen molar-refractivity contribution in [2.75, 3.05) is 0 Å². The highest BCUT2D eigenvalue weighted by Crippen LogP contribution is 2.14. The molecule has 0 spiro atoms. The second kappa shape index (κ2) is 10.2. The Morgan fingerprint density at radius 1 is 1.14 bits per heavy atom. The van der Waals surface area contributed by atoms with Crippen LogP contribution in [0.15, 0.2) is 30.3 Å². The molecule has 5 heteroatoms. The van der Waals surface area contributed by atoms with Crippen LogP contribution < -0.4 is 5.32 Å². The van der Waals surface area contributed by atoms with Gasteiger partial charge >= 0.3 is 5.97 Å². The summed E-state index contributed by atoms with van der Waals surface area (Å²) in [6.45, 7) is 2.11. The van der Waals surface area contributed by atoms with E-state index in [9.17, 15) is 9.59 Å². The van der Waals surface area contributed by atoms with Crippen molar-refractivity contribution in [3.8, 4) is 0 Å². The van der Waals surface area contributed by atoms with Crippen molar-refractivity contribution < 1.29 is 14.7 Å². The van der Waals surface area contributed by atoms with E-state index in [1.54, 1.807) is 12.1 Å². The van der Waals surface area contributed by atoms with Gasteiger partial charge in [-0.15, -0.1) is 11.6 Å². The van der Waals surface area contributed by atoms with E-state index in [1.807, 2.05) is 18.2 Å². The van der Waals surface area contributed by atoms with Gasteiger partial charge in [-0.2, -0.15) is 0 Å². The monoisotopic (exact) mass is 325 g/mol. The number of amides is 1. The topological polar surface area (TPSA) is 66.4 Å². The Morgan fingerprint density at radius 3 is 2.36 bits per heavy atom. The maximum absolute atomic E-state index is 12.2. The molecule has 0 aliphatic heterocycles. The summed E-state index contributed by atoms with van der Waals surface area (Å²) < 4.78 is 0. The highest BCUT2D eigenvalue weighted by Gasteiger charge is 2.16. The van der Waals surface area contributed by atoms with Crippen molar-refractivity contribution in [1.82, 2.24) is 5.32 Å². The van der Waals surface area contributed by atoms with Crippen LogP contribution in [0.4, 0.5) is 0 Å². The summed E-state index contributed by atoms with van der Waals surface area (Å²) in [7, 11) is 0. The summed E-state index contributed by atoms with van der Waals surface area (Å²) in [5, 5.41) is 11.0. The molecule has 4 nitrogen and oxygen atoms in total. The van der Waals surface area contributed by atoms with Crippen molar-refractivity contribution >= 4 is 23.5 Å². The molecule has 1 rings (SSSR count). The number of carbonyl (C=O) groups is 2. The average Bonchev–Trinajstić information content (AvgIpc) is 2.52. The number of alkyl halides is 1. The van der Waals surface area contributed by atoms with Gasteiger partial charge in [-0.05, 0) is 37.8 Å². The first-order valence-corrected chi connectivity index (χ1v) is 8.21. The van der Waals surface area contributed by atoms with E-state index in [0.29, 0.717) is 18.4 Å². The maximum atomic E-state index is 12.2. The maximum Gasteiger partial charge on any atom is 0.321 e. The average molecular weight is 326 g/mol. The molecule has 0 saturated heterocycles. The van der Waals surface area contributed by atoms with Crippen LogP contribution in [0.1, 0.15) is 55.8 Å². The van der Waals surface area contributed by atoms with Gasteiger partial charge in [-0.1, -0.05) is 38.0 Å². The smallest absolute Gasteiger partial charge is 0.321 e. The zero-order chi connectivity index (χ0) is 16.4. The van der Waals surface area contributed by atoms with Crippen LogP contribution in [0.25, 0.3) is 0 Å². The lowest BCUT2D eigenvalue weighted by Gasteiger charge is -2.19. The second-order valence-electron chi connectivity index (χ2n) is 5.42. The van der Waals surface area contributed by atoms with Crippen LogP contribution >= 0.6 is 11.6 Å². The number of nitrogens with one attached hydrogen (secondary N) is 1. The predicted octanol–water partition coefficient (Wildman–Crippen LogP) is 3.84. The first kappa shape index (κ1) is 18.5. The fraction of sp³-hybridized carbons (Fsp3) is 0.529. The van der Waals surface area contributed by atoms with Gasteiger partial charge in [0.25, 0.3) is 5.91 Å². The predicted molar refractivity (Wildman–Crippen MR) is 88.3 cm³/mol. The number of carboxylic acids is 1. The summed E-state index contributed by atoms with van der Waals surface area (Å²) in [6, 6.07) is 9.17. The first-order chi connectivity index (χ1) is 10.5. The van der Waals surface area contributed by atoms with Gasteiger partial charge in [0.2, 0.25) is 0 Å². The lowest BCUT2D eigenvalue weighted by molar-refractivity contribution is -0.136. The van der Waals surface area contributed by atoms with E-state index in [4.69, 9.17) is 16.7 Å². The van der Waals surface area contributed by atoms with Crippen molar-refractivity contribution in [2.45, 2.75) is 56.9 Å². The third kappa shape index (κ3) is 6.94. The standard InChI is InChI=1S/C17H24ClNO3/c1-2-3-10-14(11-7-12-15(18)17(21)22)19-16(20)13-8-5-4-6-9-13/h4-6,8-9,14-15H,2-3,7,10-12H2,1H3,(H,19,20)(H,21,22). The largest absolute Gasteiger partial charge is 0.480 e. The number of hydrogen-bond acceptors (Lipinski definition) is 2. The van der Waals surface area contributed by atoms with Crippen LogP contribution in [0.2, 0.25) is 0 Å². The van der Waals surface area contributed by atoms with Crippen molar-refractivity contribution in [1.29, 1.82) is 0 Å². The number of benzene rings is 1. The van der Waals surface area contributed by atoms with Crippen LogP contribution in [-0.2, 0) is 4.79 Å². The van der Waals surface area contributed by atoms with Crippen molar-refractivity contribution in [3.63, 3.8) is 0 Å². The van der Waals surface area contributed by atoms with Gasteiger partial charge in [-0.3, -0.25) is 9.59 Å². The zero-order valence-corrected chi connectivity index (χ0v) is 13.7. The van der Waals surface area contributed by atoms with Gasteiger partial charge in [0.15, 0.2) is 0 Å². The molecule has 0 aliphatic carbocycles. The number of aliphatic carboxylic acids is 1. The van der Waals surface area contributed by atoms with Gasteiger partial charge in [0, 0.05) is 11.6 Å². The van der Waals surface area contributed by atoms with E-state index < -0.39 is 11.3 Å². The van der Waals surface area contributed by atoms with Gasteiger partial charge in [0.05, 0.1) is 0 Å². The van der Waals surface area contributed by atoms with E-state index in [1.165, 1.54) is 0 Å². The molecule has 0 fully saturated rings. The fourth-order valence-corrected chi connectivity index (χ4v) is 2.42. The number of rotatable bonds is 10. The Morgan fingerprint density at radius 2 is 1.77 bits per heavy atom. The Bertz CT molecular complexity index is 464. The van der Waals surface area contributed by atoms with Crippen LogP contribution in [0, 0.1) is 0 Å². The minimum atomic E-state index is -0.986. The van der Waals surface area contributed by atoms with Crippen molar-refractivity contribution in [3.05, 3.63) is 35.9 Å². The van der Waals surface area contributed by atoms with E-state index >= 15 is 0 Å². The summed E-state index contributed by atoms with van der Waals surface area (Å²) >= 11 is 5.72. The van der Waals surface area contributed by atoms with E-state index in [2.05, 4.69) is 12.2 Å². The van der Waals surface area contributed by atoms with Gasteiger partial charge in [-0.25, -0.2) is 0 Å². The zero-order valence-electron chi connectivity index (χ0n) is 12.9. The van der Waals surface area contributed by atoms with E-state index in [0.717, 1.165) is 25.7 Å². The Labute approximate surface area is 136 Å². The highest BCUT2D eigenvalue weighted by atomic mass is 35.5. The lowest BCUT2D eigenvalue weighted by atomic mass is 10.0. The summed E-state index contributed by atoms with van der Waals surface area (Å²) in [4.78, 5) is 22.9. The third-order valence-electron chi connectivity index (χ3n) is 3.56. The molecule has 22 heavy (non-hydrogen) atoms. The van der Waals surface area contributed by atoms with Gasteiger partial charge < -0.3 is 10.4 Å². The first-order valence-electron chi connectivity index (χ1n) is 7.77. The molecule has 0 aromatic heterocycles. The molecule has 1 aromatic rings. The molecule has 1 aromatic carbocycles. The Balaban J connectivity index is 2.49. The third-order valence-corrected chi connectivity index (χ3v) is 3.96. The lowest BCUT2D eigenvalue weighted by Crippen LogP contribution is -2.35. The molecule has 2 N–H and O–H groups in total. The molecule has 0 bridgehead atoms. The number of carbonyl (C=O) groups excluding carboxylic acids is 1. The van der Waals surface area contributed by atoms with Gasteiger partial charge in [0.1, 0.15) is 5.38 Å². The highest BCUT2D eigenvalue weighted by molar-refractivity contribution is 6.29. The van der Waals surface area contributed by atoms with E-state index in [-0.39, 0.29) is 11.9 Å². The molecular formula is C17H24ClNO3. The molecule has 2 atom stereocenters. The molecule has 0 saturated carbocycles. The quantitative estimate of drug-likeness (QED) is 0.642. The summed E-state index contributed by atoms with van der Waals surface area (Å²) in [5.41, 5.74) is 0.643. The normalized spacial score (nSPS) is 13.4. The second-order valence-corrected chi connectivity index (χ2v) is 5.94. The molecule has 1 amide bonds. The van der Waals surface area contributed by atoms with Crippen molar-refractivity contribution in [2.24, 2.45) is 0 Å². The Hall–Kier alpha value is -1.55. The number of halogens is 1. The number of hydrogen-bond donors (Lipinski definition) is 2. The summed E-state index contributed by atoms with van der Waals surface area (Å²) in [5.74, 6) is -1.07. The Kier molecular flexibility index (Phi) is 8.60. The van der Waals surface area contributed by atoms with Crippen LogP contribution in [0.3, 0.4) is 0 Å². The van der Waals surface area contributed by atoms with Crippen LogP contribution in [0.5, 0.6) is 0 Å². The number of unbranched alkanes of at least 4 members (excludes halogenated alkanes) is 1. The molecule has 2 unspecified atom stereocenters. The molecule has 122 valence electrons. The summed E-state index contributed by atoms with van der Waals surface area (Å²) in [6.07, 6.45) is 4.84. The minimum Gasteiger partial charge on any atom is -0.480 e. The number of carboxylic acid groups (broad SMARTS) is 1. The minimum absolute atomic E-state index is 0.0605. The fourth-order valence-electron chi connectivity index (χ4n) is 2.26. The molecule has 0 aliphatic rings. The molecule has 0 heterocycles. The SMILES string of the molecule is CCCCC(CCCC(Cl)C(=O)O)NC(=O)c1ccccc1. The molecule has 0 radical (unpaired) electrons.